The van der Waals surface area contributed by atoms with Gasteiger partial charge in [-0.1, -0.05) is 40.2 Å². The number of nitrogens with one attached hydrogen (secondary N) is 1. The van der Waals surface area contributed by atoms with Crippen LogP contribution in [-0.4, -0.2) is 5.11 Å². The van der Waals surface area contributed by atoms with Crippen molar-refractivity contribution in [2.75, 3.05) is 0 Å². The molecule has 3 heteroatoms. The van der Waals surface area contributed by atoms with Gasteiger partial charge in [0.15, 0.2) is 0 Å². The summed E-state index contributed by atoms with van der Waals surface area (Å²) in [6.07, 6.45) is 0. The first-order valence-corrected chi connectivity index (χ1v) is 7.13. The molecule has 1 atom stereocenters. The van der Waals surface area contributed by atoms with E-state index in [1.807, 2.05) is 31.2 Å². The second kappa shape index (κ2) is 6.22. The molecule has 2 N–H and O–H groups in total. The molecule has 0 fully saturated rings. The van der Waals surface area contributed by atoms with E-state index in [0.717, 1.165) is 22.1 Å². The van der Waals surface area contributed by atoms with E-state index in [1.165, 1.54) is 5.56 Å². The molecule has 0 radical (unpaired) electrons. The predicted octanol–water partition coefficient (Wildman–Crippen LogP) is 4.31. The van der Waals surface area contributed by atoms with Crippen molar-refractivity contribution in [3.63, 3.8) is 0 Å². The van der Waals surface area contributed by atoms with Crippen LogP contribution in [0, 0.1) is 6.92 Å². The van der Waals surface area contributed by atoms with Crippen LogP contribution >= 0.6 is 15.9 Å². The summed E-state index contributed by atoms with van der Waals surface area (Å²) < 4.78 is 1.08. The number of aryl methyl sites for hydroxylation is 1. The lowest BCUT2D eigenvalue weighted by Crippen LogP contribution is -2.18. The van der Waals surface area contributed by atoms with Crippen molar-refractivity contribution in [2.24, 2.45) is 0 Å². The van der Waals surface area contributed by atoms with Crippen molar-refractivity contribution in [1.29, 1.82) is 0 Å². The number of phenols is 1. The molecule has 0 spiro atoms. The van der Waals surface area contributed by atoms with Crippen molar-refractivity contribution >= 4 is 15.9 Å². The van der Waals surface area contributed by atoms with E-state index in [2.05, 4.69) is 40.3 Å². The highest BCUT2D eigenvalue weighted by Crippen LogP contribution is 2.25. The van der Waals surface area contributed by atoms with E-state index in [0.29, 0.717) is 5.75 Å². The summed E-state index contributed by atoms with van der Waals surface area (Å²) in [7, 11) is 0. The second-order valence-corrected chi connectivity index (χ2v) is 5.71. The third kappa shape index (κ3) is 3.82. The fourth-order valence-corrected chi connectivity index (χ4v) is 2.49. The molecule has 0 saturated heterocycles. The number of phenolic OH excluding ortho intramolecular Hbond substituents is 1. The molecular weight excluding hydrogens is 302 g/mol. The van der Waals surface area contributed by atoms with Gasteiger partial charge in [0.25, 0.3) is 0 Å². The summed E-state index contributed by atoms with van der Waals surface area (Å²) in [6.45, 7) is 4.80. The highest BCUT2D eigenvalue weighted by Gasteiger charge is 2.09. The molecule has 2 nitrogen and oxygen atoms in total. The van der Waals surface area contributed by atoms with Crippen molar-refractivity contribution in [1.82, 2.24) is 5.32 Å². The molecule has 0 aliphatic heterocycles. The topological polar surface area (TPSA) is 32.3 Å². The first-order chi connectivity index (χ1) is 9.06. The smallest absolute Gasteiger partial charge is 0.120 e. The summed E-state index contributed by atoms with van der Waals surface area (Å²) in [5, 5.41) is 13.4. The number of benzene rings is 2. The van der Waals surface area contributed by atoms with E-state index in [9.17, 15) is 5.11 Å². The Labute approximate surface area is 122 Å². The van der Waals surface area contributed by atoms with E-state index >= 15 is 0 Å². The van der Waals surface area contributed by atoms with E-state index in [-0.39, 0.29) is 6.04 Å². The maximum absolute atomic E-state index is 9.96. The van der Waals surface area contributed by atoms with Crippen LogP contribution in [0.25, 0.3) is 0 Å². The number of halogens is 1. The van der Waals surface area contributed by atoms with Gasteiger partial charge in [0.05, 0.1) is 0 Å². The van der Waals surface area contributed by atoms with Crippen LogP contribution in [-0.2, 0) is 6.54 Å². The maximum atomic E-state index is 9.96. The number of rotatable bonds is 4. The highest BCUT2D eigenvalue weighted by atomic mass is 79.9. The average molecular weight is 320 g/mol. The van der Waals surface area contributed by atoms with Crippen molar-refractivity contribution in [3.8, 4) is 5.75 Å². The monoisotopic (exact) mass is 319 g/mol. The van der Waals surface area contributed by atoms with Crippen LogP contribution in [0.4, 0.5) is 0 Å². The Morgan fingerprint density at radius 1 is 1.21 bits per heavy atom. The Balaban J connectivity index is 2.03. The van der Waals surface area contributed by atoms with Crippen LogP contribution in [0.5, 0.6) is 5.75 Å². The molecule has 0 heterocycles. The Morgan fingerprint density at radius 3 is 2.68 bits per heavy atom. The van der Waals surface area contributed by atoms with Crippen LogP contribution in [0.3, 0.4) is 0 Å². The van der Waals surface area contributed by atoms with Gasteiger partial charge in [-0.05, 0) is 43.2 Å². The quantitative estimate of drug-likeness (QED) is 0.879. The fraction of sp³-hybridized carbons (Fsp3) is 0.250. The summed E-state index contributed by atoms with van der Waals surface area (Å²) in [4.78, 5) is 0. The Hall–Kier alpha value is -1.32. The first kappa shape index (κ1) is 14.1. The van der Waals surface area contributed by atoms with Gasteiger partial charge in [0.1, 0.15) is 5.75 Å². The van der Waals surface area contributed by atoms with Crippen LogP contribution < -0.4 is 5.32 Å². The molecule has 1 unspecified atom stereocenters. The molecule has 19 heavy (non-hydrogen) atoms. The van der Waals surface area contributed by atoms with Gasteiger partial charge >= 0.3 is 0 Å². The SMILES string of the molecule is Cc1ccc(C(C)NCc2cccc(Br)c2)c(O)c1. The standard InChI is InChI=1S/C16H18BrNO/c1-11-6-7-15(16(19)8-11)12(2)18-10-13-4-3-5-14(17)9-13/h3-9,12,18-19H,10H2,1-2H3. The summed E-state index contributed by atoms with van der Waals surface area (Å²) in [6, 6.07) is 14.1. The minimum atomic E-state index is 0.111. The lowest BCUT2D eigenvalue weighted by molar-refractivity contribution is 0.452. The predicted molar refractivity (Wildman–Crippen MR) is 82.2 cm³/mol. The minimum absolute atomic E-state index is 0.111. The molecule has 2 rings (SSSR count). The minimum Gasteiger partial charge on any atom is -0.508 e. The summed E-state index contributed by atoms with van der Waals surface area (Å²) >= 11 is 3.47. The fourth-order valence-electron chi connectivity index (χ4n) is 2.05. The van der Waals surface area contributed by atoms with Gasteiger partial charge in [-0.25, -0.2) is 0 Å². The third-order valence-electron chi connectivity index (χ3n) is 3.15. The second-order valence-electron chi connectivity index (χ2n) is 4.79. The highest BCUT2D eigenvalue weighted by molar-refractivity contribution is 9.10. The van der Waals surface area contributed by atoms with Crippen LogP contribution in [0.15, 0.2) is 46.9 Å². The molecular formula is C16H18BrNO. The molecule has 0 aromatic heterocycles. The summed E-state index contributed by atoms with van der Waals surface area (Å²) in [5.74, 6) is 0.356. The molecule has 0 aliphatic rings. The Bertz CT molecular complexity index is 568. The van der Waals surface area contributed by atoms with Gasteiger partial charge < -0.3 is 10.4 Å². The zero-order valence-electron chi connectivity index (χ0n) is 11.2. The molecule has 0 bridgehead atoms. The van der Waals surface area contributed by atoms with E-state index < -0.39 is 0 Å². The normalized spacial score (nSPS) is 12.4. The first-order valence-electron chi connectivity index (χ1n) is 6.33. The molecule has 0 amide bonds. The largest absolute Gasteiger partial charge is 0.508 e. The molecule has 2 aromatic carbocycles. The van der Waals surface area contributed by atoms with Gasteiger partial charge in [-0.15, -0.1) is 0 Å². The lowest BCUT2D eigenvalue weighted by atomic mass is 10.0. The average Bonchev–Trinajstić information content (AvgIpc) is 2.36. The van der Waals surface area contributed by atoms with Crippen molar-refractivity contribution < 1.29 is 5.11 Å². The third-order valence-corrected chi connectivity index (χ3v) is 3.65. The van der Waals surface area contributed by atoms with Gasteiger partial charge in [0.2, 0.25) is 0 Å². The Morgan fingerprint density at radius 2 is 2.00 bits per heavy atom. The van der Waals surface area contributed by atoms with Gasteiger partial charge in [0, 0.05) is 22.6 Å². The molecule has 2 aromatic rings. The number of hydrogen-bond acceptors (Lipinski definition) is 2. The van der Waals surface area contributed by atoms with Crippen LogP contribution in [0.2, 0.25) is 0 Å². The van der Waals surface area contributed by atoms with Gasteiger partial charge in [-0.2, -0.15) is 0 Å². The Kier molecular flexibility index (Phi) is 4.61. The van der Waals surface area contributed by atoms with E-state index in [1.54, 1.807) is 6.07 Å². The summed E-state index contributed by atoms with van der Waals surface area (Å²) in [5.41, 5.74) is 3.22. The maximum Gasteiger partial charge on any atom is 0.120 e. The molecule has 100 valence electrons. The van der Waals surface area contributed by atoms with E-state index in [4.69, 9.17) is 0 Å². The van der Waals surface area contributed by atoms with Crippen molar-refractivity contribution in [3.05, 3.63) is 63.6 Å². The number of hydrogen-bond donors (Lipinski definition) is 2. The van der Waals surface area contributed by atoms with Crippen LogP contribution in [0.1, 0.15) is 29.7 Å². The van der Waals surface area contributed by atoms with Gasteiger partial charge in [-0.3, -0.25) is 0 Å². The van der Waals surface area contributed by atoms with Crippen molar-refractivity contribution in [2.45, 2.75) is 26.4 Å². The zero-order valence-corrected chi connectivity index (χ0v) is 12.7. The number of aromatic hydroxyl groups is 1. The molecule has 0 saturated carbocycles. The molecule has 0 aliphatic carbocycles. The zero-order chi connectivity index (χ0) is 13.8. The lowest BCUT2D eigenvalue weighted by Gasteiger charge is -2.16.